The summed E-state index contributed by atoms with van der Waals surface area (Å²) in [4.78, 5) is 12.7. The maximum atomic E-state index is 13.7. The lowest BCUT2D eigenvalue weighted by Gasteiger charge is -2.23. The molecule has 0 aliphatic heterocycles. The molecule has 0 saturated carbocycles. The summed E-state index contributed by atoms with van der Waals surface area (Å²) in [5.41, 5.74) is 1.86. The summed E-state index contributed by atoms with van der Waals surface area (Å²) < 4.78 is 48.5. The summed E-state index contributed by atoms with van der Waals surface area (Å²) in [6, 6.07) is 8.75. The average molecular weight is 540 g/mol. The molecule has 13 heteroatoms. The summed E-state index contributed by atoms with van der Waals surface area (Å²) in [5.74, 6) is 1.36. The number of nitrogens with one attached hydrogen (secondary N) is 1. The first-order chi connectivity index (χ1) is 18.3. The first-order valence-corrected chi connectivity index (χ1v) is 13.3. The number of methoxy groups -OCH3 is 2. The molecule has 1 aromatic carbocycles. The minimum Gasteiger partial charge on any atom is -0.494 e. The van der Waals surface area contributed by atoms with Gasteiger partial charge in [0.05, 0.1) is 14.2 Å². The Bertz CT molecular complexity index is 1460. The van der Waals surface area contributed by atoms with Crippen LogP contribution in [-0.2, 0) is 14.8 Å². The van der Waals surface area contributed by atoms with Crippen molar-refractivity contribution < 1.29 is 22.6 Å². The molecule has 0 bridgehead atoms. The van der Waals surface area contributed by atoms with Crippen LogP contribution in [0, 0.1) is 6.92 Å². The molecule has 0 saturated heterocycles. The third kappa shape index (κ3) is 5.43. The van der Waals surface area contributed by atoms with E-state index in [0.717, 1.165) is 5.56 Å². The van der Waals surface area contributed by atoms with E-state index in [1.165, 1.54) is 25.7 Å². The summed E-state index contributed by atoms with van der Waals surface area (Å²) in [6.07, 6.45) is 5.54. The highest BCUT2D eigenvalue weighted by molar-refractivity contribution is 7.93. The lowest BCUT2D eigenvalue weighted by atomic mass is 10.2. The van der Waals surface area contributed by atoms with Gasteiger partial charge in [-0.05, 0) is 50.6 Å². The van der Waals surface area contributed by atoms with Crippen molar-refractivity contribution in [1.29, 1.82) is 0 Å². The Morgan fingerprint density at radius 3 is 2.26 bits per heavy atom. The number of aromatic nitrogens is 6. The number of sulfonamides is 1. The van der Waals surface area contributed by atoms with Gasteiger partial charge in [-0.2, -0.15) is 0 Å². The largest absolute Gasteiger partial charge is 0.494 e. The van der Waals surface area contributed by atoms with E-state index in [4.69, 9.17) is 14.2 Å². The second-order valence-corrected chi connectivity index (χ2v) is 10.3. The van der Waals surface area contributed by atoms with Gasteiger partial charge < -0.3 is 14.2 Å². The number of anilines is 1. The Kier molecular flexibility index (Phi) is 8.17. The van der Waals surface area contributed by atoms with Crippen LogP contribution < -0.4 is 14.2 Å². The minimum absolute atomic E-state index is 0.0708. The van der Waals surface area contributed by atoms with Crippen LogP contribution in [0.4, 0.5) is 5.95 Å². The van der Waals surface area contributed by atoms with E-state index in [0.29, 0.717) is 28.6 Å². The van der Waals surface area contributed by atoms with E-state index in [9.17, 15) is 8.42 Å². The number of ether oxygens (including phenoxy) is 3. The summed E-state index contributed by atoms with van der Waals surface area (Å²) in [6.45, 7) is 5.42. The average Bonchev–Trinajstić information content (AvgIpc) is 3.34. The Labute approximate surface area is 221 Å². The molecule has 3 aromatic heterocycles. The molecule has 0 fully saturated rings. The van der Waals surface area contributed by atoms with Crippen molar-refractivity contribution in [2.75, 3.05) is 25.5 Å². The fourth-order valence-corrected chi connectivity index (χ4v) is 4.93. The van der Waals surface area contributed by atoms with Gasteiger partial charge in [0.15, 0.2) is 11.6 Å². The highest BCUT2D eigenvalue weighted by Gasteiger charge is 2.35. The summed E-state index contributed by atoms with van der Waals surface area (Å²) in [7, 11) is -1.09. The maximum absolute atomic E-state index is 13.7. The molecule has 2 unspecified atom stereocenters. The van der Waals surface area contributed by atoms with Crippen LogP contribution in [0.25, 0.3) is 17.1 Å². The lowest BCUT2D eigenvalue weighted by Crippen LogP contribution is -2.34. The fraction of sp³-hybridized carbons (Fsp3) is 0.320. The second-order valence-electron chi connectivity index (χ2n) is 8.28. The molecule has 38 heavy (non-hydrogen) atoms. The highest BCUT2D eigenvalue weighted by atomic mass is 32.2. The van der Waals surface area contributed by atoms with E-state index in [1.807, 2.05) is 6.92 Å². The van der Waals surface area contributed by atoms with Crippen molar-refractivity contribution in [3.63, 3.8) is 0 Å². The van der Waals surface area contributed by atoms with E-state index >= 15 is 0 Å². The molecule has 4 rings (SSSR count). The zero-order valence-electron chi connectivity index (χ0n) is 21.7. The minimum atomic E-state index is -4.11. The van der Waals surface area contributed by atoms with Gasteiger partial charge in [-0.25, -0.2) is 18.4 Å². The zero-order chi connectivity index (χ0) is 27.3. The van der Waals surface area contributed by atoms with Crippen molar-refractivity contribution in [3.8, 4) is 28.6 Å². The van der Waals surface area contributed by atoms with E-state index in [1.54, 1.807) is 62.0 Å². The lowest BCUT2D eigenvalue weighted by molar-refractivity contribution is 0.0557. The molecule has 0 amide bonds. The third-order valence-electron chi connectivity index (χ3n) is 5.76. The Morgan fingerprint density at radius 2 is 1.68 bits per heavy atom. The molecule has 0 spiro atoms. The van der Waals surface area contributed by atoms with Crippen LogP contribution in [0.1, 0.15) is 31.3 Å². The van der Waals surface area contributed by atoms with Crippen molar-refractivity contribution in [3.05, 3.63) is 66.5 Å². The van der Waals surface area contributed by atoms with Gasteiger partial charge in [0, 0.05) is 37.0 Å². The van der Waals surface area contributed by atoms with Crippen LogP contribution >= 0.6 is 0 Å². The van der Waals surface area contributed by atoms with Gasteiger partial charge in [0.2, 0.25) is 16.0 Å². The van der Waals surface area contributed by atoms with Crippen LogP contribution in [-0.4, -0.2) is 64.2 Å². The molecule has 0 radical (unpaired) electrons. The number of hydrogen-bond acceptors (Lipinski definition) is 10. The molecule has 2 atom stereocenters. The quantitative estimate of drug-likeness (QED) is 0.301. The van der Waals surface area contributed by atoms with Gasteiger partial charge in [-0.15, -0.1) is 10.2 Å². The molecule has 12 nitrogen and oxygen atoms in total. The number of hydrogen-bond donors (Lipinski definition) is 1. The van der Waals surface area contributed by atoms with E-state index in [2.05, 4.69) is 29.9 Å². The molecular formula is C25H29N7O5S. The number of benzene rings is 1. The molecule has 1 N–H and O–H groups in total. The first kappa shape index (κ1) is 26.9. The first-order valence-electron chi connectivity index (χ1n) is 11.8. The monoisotopic (exact) mass is 539 g/mol. The van der Waals surface area contributed by atoms with Gasteiger partial charge in [-0.1, -0.05) is 6.07 Å². The van der Waals surface area contributed by atoms with Crippen molar-refractivity contribution >= 4 is 16.0 Å². The summed E-state index contributed by atoms with van der Waals surface area (Å²) in [5, 5.41) is 7.39. The van der Waals surface area contributed by atoms with Crippen molar-refractivity contribution in [2.24, 2.45) is 0 Å². The normalized spacial score (nSPS) is 13.1. The van der Waals surface area contributed by atoms with E-state index in [-0.39, 0.29) is 18.4 Å². The van der Waals surface area contributed by atoms with Crippen LogP contribution in [0.5, 0.6) is 11.5 Å². The molecule has 4 aromatic rings. The fourth-order valence-electron chi connectivity index (χ4n) is 3.83. The zero-order valence-corrected chi connectivity index (χ0v) is 22.5. The summed E-state index contributed by atoms with van der Waals surface area (Å²) >= 11 is 0. The van der Waals surface area contributed by atoms with Gasteiger partial charge in [-0.3, -0.25) is 14.3 Å². The second kappa shape index (κ2) is 11.5. The predicted octanol–water partition coefficient (Wildman–Crippen LogP) is 3.35. The number of para-hydroxylation sites is 1. The SMILES string of the molecule is CCOC(c1ncc(C)cn1)C(C)S(=O)(=O)Nc1nnc(-c2cccnc2)n1-c1c(OC)cccc1OC. The van der Waals surface area contributed by atoms with Crippen molar-refractivity contribution in [2.45, 2.75) is 32.1 Å². The van der Waals surface area contributed by atoms with Crippen LogP contribution in [0.3, 0.4) is 0 Å². The number of nitrogens with zero attached hydrogens (tertiary/aromatic N) is 6. The number of pyridine rings is 1. The van der Waals surface area contributed by atoms with Gasteiger partial charge in [0.1, 0.15) is 28.5 Å². The highest BCUT2D eigenvalue weighted by Crippen LogP contribution is 2.38. The van der Waals surface area contributed by atoms with Crippen LogP contribution in [0.15, 0.2) is 55.1 Å². The Balaban J connectivity index is 1.83. The number of aryl methyl sites for hydroxylation is 1. The smallest absolute Gasteiger partial charge is 0.243 e. The number of rotatable bonds is 11. The standard InChI is InChI=1S/C25H29N7O5S/c1-6-37-22(23-27-13-16(2)14-28-23)17(3)38(33,34)31-25-30-29-24(18-9-8-12-26-15-18)32(25)21-19(35-4)10-7-11-20(21)36-5/h7-15,17,22H,6H2,1-5H3,(H,30,31). The Morgan fingerprint density at radius 1 is 1.00 bits per heavy atom. The third-order valence-corrected chi connectivity index (χ3v) is 7.45. The topological polar surface area (TPSA) is 143 Å². The van der Waals surface area contributed by atoms with Gasteiger partial charge in [0.25, 0.3) is 0 Å². The van der Waals surface area contributed by atoms with Crippen molar-refractivity contribution in [1.82, 2.24) is 29.7 Å². The predicted molar refractivity (Wildman–Crippen MR) is 141 cm³/mol. The van der Waals surface area contributed by atoms with Gasteiger partial charge >= 0.3 is 0 Å². The molecule has 0 aliphatic rings. The molecule has 0 aliphatic carbocycles. The van der Waals surface area contributed by atoms with E-state index < -0.39 is 21.4 Å². The maximum Gasteiger partial charge on any atom is 0.243 e. The Hall–Kier alpha value is -4.10. The molecule has 3 heterocycles. The molecule has 200 valence electrons. The van der Waals surface area contributed by atoms with Crippen LogP contribution in [0.2, 0.25) is 0 Å². The molecular weight excluding hydrogens is 510 g/mol.